The van der Waals surface area contributed by atoms with Crippen LogP contribution in [0.1, 0.15) is 16.8 Å². The fourth-order valence-corrected chi connectivity index (χ4v) is 2.38. The number of amides is 2. The van der Waals surface area contributed by atoms with E-state index in [9.17, 15) is 19.2 Å². The number of para-hydroxylation sites is 1. The van der Waals surface area contributed by atoms with Crippen LogP contribution in [-0.4, -0.2) is 36.4 Å². The minimum Gasteiger partial charge on any atom is -0.456 e. The van der Waals surface area contributed by atoms with Crippen molar-refractivity contribution in [3.05, 3.63) is 64.6 Å². The van der Waals surface area contributed by atoms with E-state index in [-0.39, 0.29) is 5.75 Å². The summed E-state index contributed by atoms with van der Waals surface area (Å²) in [7, 11) is 0. The first-order valence-corrected chi connectivity index (χ1v) is 8.91. The number of ether oxygens (including phenoxy) is 2. The number of hydrogen-bond acceptors (Lipinski definition) is 6. The van der Waals surface area contributed by atoms with E-state index in [1.807, 2.05) is 0 Å². The molecule has 0 spiro atoms. The van der Waals surface area contributed by atoms with Gasteiger partial charge < -0.3 is 20.5 Å². The Balaban J connectivity index is 1.94. The number of nitrogens with one attached hydrogen (secondary N) is 1. The van der Waals surface area contributed by atoms with Crippen molar-refractivity contribution in [2.75, 3.05) is 6.61 Å². The molecule has 2 aromatic rings. The van der Waals surface area contributed by atoms with Crippen molar-refractivity contribution in [1.82, 2.24) is 5.32 Å². The average molecular weight is 449 g/mol. The van der Waals surface area contributed by atoms with Crippen LogP contribution < -0.4 is 15.8 Å². The Hall–Kier alpha value is -3.20. The summed E-state index contributed by atoms with van der Waals surface area (Å²) in [5, 5.41) is 2.21. The summed E-state index contributed by atoms with van der Waals surface area (Å²) in [6, 6.07) is 13.2. The lowest BCUT2D eigenvalue weighted by molar-refractivity contribution is -0.146. The maximum Gasteiger partial charge on any atom is 0.413 e. The molecule has 2 rings (SSSR count). The lowest BCUT2D eigenvalue weighted by atomic mass is 10.1. The largest absolute Gasteiger partial charge is 0.456 e. The fourth-order valence-electron chi connectivity index (χ4n) is 2.12. The van der Waals surface area contributed by atoms with E-state index in [2.05, 4.69) is 21.2 Å². The minimum absolute atomic E-state index is 0.247. The molecule has 2 aromatic carbocycles. The summed E-state index contributed by atoms with van der Waals surface area (Å²) in [5.41, 5.74) is 5.46. The molecular formula is C19H17BrN2O6. The first-order valence-electron chi connectivity index (χ1n) is 8.12. The molecule has 8 nitrogen and oxygen atoms in total. The molecule has 0 fully saturated rings. The SMILES string of the molecule is NC(=O)C[C@@H](NC(=O)Oc1ccccc1)C(=O)OCC(=O)c1ccc(Br)cc1. The van der Waals surface area contributed by atoms with Crippen molar-refractivity contribution in [2.45, 2.75) is 12.5 Å². The number of nitrogens with two attached hydrogens (primary N) is 1. The van der Waals surface area contributed by atoms with E-state index in [4.69, 9.17) is 15.2 Å². The van der Waals surface area contributed by atoms with Crippen LogP contribution in [0, 0.1) is 0 Å². The lowest BCUT2D eigenvalue weighted by Crippen LogP contribution is -2.45. The van der Waals surface area contributed by atoms with Gasteiger partial charge in [-0.05, 0) is 24.3 Å². The zero-order valence-electron chi connectivity index (χ0n) is 14.6. The van der Waals surface area contributed by atoms with Gasteiger partial charge in [0.2, 0.25) is 5.91 Å². The highest BCUT2D eigenvalue weighted by Gasteiger charge is 2.26. The Morgan fingerprint density at radius 2 is 1.64 bits per heavy atom. The number of carbonyl (C=O) groups is 4. The average Bonchev–Trinajstić information content (AvgIpc) is 2.66. The van der Waals surface area contributed by atoms with Gasteiger partial charge in [0.05, 0.1) is 6.42 Å². The summed E-state index contributed by atoms with van der Waals surface area (Å²) in [6.07, 6.45) is -1.47. The number of primary amides is 1. The van der Waals surface area contributed by atoms with Gasteiger partial charge in [0.15, 0.2) is 12.4 Å². The van der Waals surface area contributed by atoms with Crippen LogP contribution >= 0.6 is 15.9 Å². The van der Waals surface area contributed by atoms with Gasteiger partial charge in [0.25, 0.3) is 0 Å². The second-order valence-electron chi connectivity index (χ2n) is 5.61. The molecule has 0 heterocycles. The van der Waals surface area contributed by atoms with Crippen LogP contribution in [0.2, 0.25) is 0 Å². The molecule has 9 heteroatoms. The molecule has 0 aliphatic carbocycles. The molecule has 0 radical (unpaired) electrons. The van der Waals surface area contributed by atoms with Gasteiger partial charge in [-0.2, -0.15) is 0 Å². The third kappa shape index (κ3) is 6.84. The first kappa shape index (κ1) is 21.1. The smallest absolute Gasteiger partial charge is 0.413 e. The number of rotatable bonds is 8. The van der Waals surface area contributed by atoms with E-state index in [0.29, 0.717) is 5.56 Å². The number of esters is 1. The number of Topliss-reactive ketones (excluding diaryl/α,β-unsaturated/α-hetero) is 1. The van der Waals surface area contributed by atoms with Gasteiger partial charge in [-0.1, -0.05) is 46.3 Å². The van der Waals surface area contributed by atoms with Gasteiger partial charge in [0.1, 0.15) is 11.8 Å². The predicted molar refractivity (Wildman–Crippen MR) is 103 cm³/mol. The Morgan fingerprint density at radius 3 is 2.25 bits per heavy atom. The molecule has 0 bridgehead atoms. The Labute approximate surface area is 169 Å². The summed E-state index contributed by atoms with van der Waals surface area (Å²) in [5.74, 6) is -2.00. The normalized spacial score (nSPS) is 11.2. The zero-order chi connectivity index (χ0) is 20.5. The molecular weight excluding hydrogens is 432 g/mol. The summed E-state index contributed by atoms with van der Waals surface area (Å²) in [4.78, 5) is 47.4. The van der Waals surface area contributed by atoms with E-state index < -0.39 is 42.8 Å². The molecule has 0 saturated heterocycles. The third-order valence-electron chi connectivity index (χ3n) is 3.45. The number of carbonyl (C=O) groups excluding carboxylic acids is 4. The van der Waals surface area contributed by atoms with E-state index in [0.717, 1.165) is 4.47 Å². The highest BCUT2D eigenvalue weighted by molar-refractivity contribution is 9.10. The van der Waals surface area contributed by atoms with Gasteiger partial charge >= 0.3 is 12.1 Å². The molecule has 0 saturated carbocycles. The molecule has 2 amide bonds. The van der Waals surface area contributed by atoms with Crippen molar-refractivity contribution in [3.63, 3.8) is 0 Å². The Kier molecular flexibility index (Phi) is 7.70. The van der Waals surface area contributed by atoms with Crippen LogP contribution in [0.15, 0.2) is 59.1 Å². The van der Waals surface area contributed by atoms with E-state index in [1.165, 1.54) is 12.1 Å². The highest BCUT2D eigenvalue weighted by Crippen LogP contribution is 2.11. The topological polar surface area (TPSA) is 125 Å². The summed E-state index contributed by atoms with van der Waals surface area (Å²) in [6.45, 7) is -0.550. The van der Waals surface area contributed by atoms with Crippen molar-refractivity contribution in [1.29, 1.82) is 0 Å². The Bertz CT molecular complexity index is 854. The molecule has 28 heavy (non-hydrogen) atoms. The van der Waals surface area contributed by atoms with Crippen LogP contribution in [0.25, 0.3) is 0 Å². The quantitative estimate of drug-likeness (QED) is 0.470. The predicted octanol–water partition coefficient (Wildman–Crippen LogP) is 2.21. The maximum absolute atomic E-state index is 12.2. The molecule has 0 unspecified atom stereocenters. The van der Waals surface area contributed by atoms with Crippen LogP contribution in [-0.2, 0) is 14.3 Å². The monoisotopic (exact) mass is 448 g/mol. The maximum atomic E-state index is 12.2. The zero-order valence-corrected chi connectivity index (χ0v) is 16.2. The van der Waals surface area contributed by atoms with Crippen LogP contribution in [0.5, 0.6) is 5.75 Å². The molecule has 146 valence electrons. The van der Waals surface area contributed by atoms with Crippen molar-refractivity contribution >= 4 is 39.7 Å². The van der Waals surface area contributed by atoms with Gasteiger partial charge in [-0.15, -0.1) is 0 Å². The summed E-state index contributed by atoms with van der Waals surface area (Å²) < 4.78 is 10.7. The number of benzene rings is 2. The standard InChI is InChI=1S/C19H17BrN2O6/c20-13-8-6-12(7-9-13)16(23)11-27-18(25)15(10-17(21)24)22-19(26)28-14-4-2-1-3-5-14/h1-9,15H,10-11H2,(H2,21,24)(H,22,26)/t15-/m1/s1. The number of ketones is 1. The lowest BCUT2D eigenvalue weighted by Gasteiger charge is -2.16. The highest BCUT2D eigenvalue weighted by atomic mass is 79.9. The third-order valence-corrected chi connectivity index (χ3v) is 3.98. The van der Waals surface area contributed by atoms with Gasteiger partial charge in [0, 0.05) is 10.0 Å². The number of halogens is 1. The molecule has 3 N–H and O–H groups in total. The molecule has 1 atom stereocenters. The Morgan fingerprint density at radius 1 is 1.00 bits per heavy atom. The van der Waals surface area contributed by atoms with Gasteiger partial charge in [-0.25, -0.2) is 9.59 Å². The van der Waals surface area contributed by atoms with Crippen molar-refractivity contribution < 1.29 is 28.7 Å². The van der Waals surface area contributed by atoms with Crippen molar-refractivity contribution in [2.24, 2.45) is 5.73 Å². The molecule has 0 aromatic heterocycles. The van der Waals surface area contributed by atoms with Crippen LogP contribution in [0.3, 0.4) is 0 Å². The fraction of sp³-hybridized carbons (Fsp3) is 0.158. The second kappa shape index (κ2) is 10.2. The van der Waals surface area contributed by atoms with Gasteiger partial charge in [-0.3, -0.25) is 9.59 Å². The van der Waals surface area contributed by atoms with Crippen molar-refractivity contribution in [3.8, 4) is 5.75 Å². The summed E-state index contributed by atoms with van der Waals surface area (Å²) >= 11 is 3.25. The van der Waals surface area contributed by atoms with Crippen LogP contribution in [0.4, 0.5) is 4.79 Å². The van der Waals surface area contributed by atoms with E-state index >= 15 is 0 Å². The molecule has 0 aliphatic heterocycles. The molecule has 0 aliphatic rings. The first-order chi connectivity index (χ1) is 13.3. The number of hydrogen-bond donors (Lipinski definition) is 2. The second-order valence-corrected chi connectivity index (χ2v) is 6.52. The minimum atomic E-state index is -1.38. The van der Waals surface area contributed by atoms with E-state index in [1.54, 1.807) is 42.5 Å².